The molecule has 0 unspecified atom stereocenters. The number of rotatable bonds is 8. The molecule has 0 fully saturated rings. The van der Waals surface area contributed by atoms with Gasteiger partial charge in [-0.2, -0.15) is 0 Å². The van der Waals surface area contributed by atoms with Crippen LogP contribution in [0.15, 0.2) is 48.5 Å². The summed E-state index contributed by atoms with van der Waals surface area (Å²) in [5.74, 6) is 0. The van der Waals surface area contributed by atoms with Crippen LogP contribution in [0.5, 0.6) is 0 Å². The van der Waals surface area contributed by atoms with Gasteiger partial charge in [0, 0.05) is 0 Å². The average Bonchev–Trinajstić information content (AvgIpc) is 2.53. The second-order valence-electron chi connectivity index (χ2n) is 5.73. The van der Waals surface area contributed by atoms with E-state index < -0.39 is 0 Å². The lowest BCUT2D eigenvalue weighted by atomic mass is 9.96. The third kappa shape index (κ3) is 5.02. The van der Waals surface area contributed by atoms with Crippen LogP contribution in [0.3, 0.4) is 0 Å². The summed E-state index contributed by atoms with van der Waals surface area (Å²) in [6, 6.07) is 17.0. The van der Waals surface area contributed by atoms with E-state index in [-0.39, 0.29) is 6.61 Å². The molecule has 2 rings (SSSR count). The molecular weight excluding hydrogens is 256 g/mol. The number of unbranched alkanes of at least 4 members (excludes halogenated alkanes) is 3. The molecule has 1 heteroatoms. The molecule has 0 aliphatic carbocycles. The maximum absolute atomic E-state index is 9.53. The van der Waals surface area contributed by atoms with Crippen molar-refractivity contribution in [3.05, 3.63) is 70.8 Å². The molecule has 0 aliphatic heterocycles. The molecular formula is C20H26O. The Balaban J connectivity index is 2.07. The smallest absolute Gasteiger partial charge is 0.0684 e. The Morgan fingerprint density at radius 2 is 1.62 bits per heavy atom. The standard InChI is InChI=1S/C20H26O/c1-2-3-4-6-11-18-12-13-19(16-21)20(15-18)14-17-9-7-5-8-10-17/h5,7-10,12-13,15,21H,2-4,6,11,14,16H2,1H3. The number of hydrogen-bond donors (Lipinski definition) is 1. The van der Waals surface area contributed by atoms with Gasteiger partial charge in [-0.15, -0.1) is 0 Å². The van der Waals surface area contributed by atoms with E-state index in [0.717, 1.165) is 18.4 Å². The fourth-order valence-corrected chi connectivity index (χ4v) is 2.73. The number of benzene rings is 2. The first-order chi connectivity index (χ1) is 10.3. The highest BCUT2D eigenvalue weighted by atomic mass is 16.3. The van der Waals surface area contributed by atoms with Crippen LogP contribution in [-0.2, 0) is 19.4 Å². The Bertz CT molecular complexity index is 531. The van der Waals surface area contributed by atoms with Crippen LogP contribution in [0, 0.1) is 0 Å². The Hall–Kier alpha value is -1.60. The third-order valence-corrected chi connectivity index (χ3v) is 4.00. The first-order valence-electron chi connectivity index (χ1n) is 8.09. The van der Waals surface area contributed by atoms with Gasteiger partial charge in [-0.3, -0.25) is 0 Å². The zero-order chi connectivity index (χ0) is 14.9. The number of aliphatic hydroxyl groups is 1. The summed E-state index contributed by atoms with van der Waals surface area (Å²) in [5, 5.41) is 9.53. The van der Waals surface area contributed by atoms with E-state index in [0.29, 0.717) is 0 Å². The predicted octanol–water partition coefficient (Wildman–Crippen LogP) is 4.89. The molecule has 0 saturated heterocycles. The third-order valence-electron chi connectivity index (χ3n) is 4.00. The molecule has 0 spiro atoms. The minimum Gasteiger partial charge on any atom is -0.392 e. The van der Waals surface area contributed by atoms with Gasteiger partial charge in [-0.1, -0.05) is 74.7 Å². The molecule has 0 heterocycles. The lowest BCUT2D eigenvalue weighted by Crippen LogP contribution is -1.98. The summed E-state index contributed by atoms with van der Waals surface area (Å²) in [7, 11) is 0. The molecule has 1 nitrogen and oxygen atoms in total. The van der Waals surface area contributed by atoms with Crippen molar-refractivity contribution < 1.29 is 5.11 Å². The minimum absolute atomic E-state index is 0.123. The van der Waals surface area contributed by atoms with Gasteiger partial charge < -0.3 is 5.11 Å². The highest BCUT2D eigenvalue weighted by Crippen LogP contribution is 2.18. The fourth-order valence-electron chi connectivity index (χ4n) is 2.73. The van der Waals surface area contributed by atoms with Crippen molar-refractivity contribution in [2.24, 2.45) is 0 Å². The van der Waals surface area contributed by atoms with E-state index in [9.17, 15) is 5.11 Å². The van der Waals surface area contributed by atoms with Crippen molar-refractivity contribution in [3.63, 3.8) is 0 Å². The molecule has 112 valence electrons. The first kappa shape index (κ1) is 15.8. The zero-order valence-electron chi connectivity index (χ0n) is 13.0. The van der Waals surface area contributed by atoms with Crippen molar-refractivity contribution in [3.8, 4) is 0 Å². The van der Waals surface area contributed by atoms with Crippen LogP contribution in [0.4, 0.5) is 0 Å². The summed E-state index contributed by atoms with van der Waals surface area (Å²) in [4.78, 5) is 0. The van der Waals surface area contributed by atoms with Gasteiger partial charge in [0.1, 0.15) is 0 Å². The summed E-state index contributed by atoms with van der Waals surface area (Å²) in [5.41, 5.74) is 5.01. The van der Waals surface area contributed by atoms with Gasteiger partial charge in [0.05, 0.1) is 6.61 Å². The number of aryl methyl sites for hydroxylation is 1. The van der Waals surface area contributed by atoms with Crippen molar-refractivity contribution in [2.45, 2.75) is 52.1 Å². The second-order valence-corrected chi connectivity index (χ2v) is 5.73. The van der Waals surface area contributed by atoms with E-state index in [1.807, 2.05) is 6.07 Å². The Kier molecular flexibility index (Phi) is 6.49. The monoisotopic (exact) mass is 282 g/mol. The van der Waals surface area contributed by atoms with Gasteiger partial charge in [0.25, 0.3) is 0 Å². The van der Waals surface area contributed by atoms with Gasteiger partial charge >= 0.3 is 0 Å². The van der Waals surface area contributed by atoms with Crippen molar-refractivity contribution in [1.82, 2.24) is 0 Å². The average molecular weight is 282 g/mol. The highest BCUT2D eigenvalue weighted by Gasteiger charge is 2.05. The number of hydrogen-bond acceptors (Lipinski definition) is 1. The molecule has 0 atom stereocenters. The van der Waals surface area contributed by atoms with Gasteiger partial charge in [-0.25, -0.2) is 0 Å². The molecule has 1 N–H and O–H groups in total. The molecule has 0 aromatic heterocycles. The van der Waals surface area contributed by atoms with Crippen molar-refractivity contribution in [2.75, 3.05) is 0 Å². The van der Waals surface area contributed by atoms with E-state index in [2.05, 4.69) is 49.4 Å². The van der Waals surface area contributed by atoms with Crippen LogP contribution < -0.4 is 0 Å². The first-order valence-corrected chi connectivity index (χ1v) is 8.09. The van der Waals surface area contributed by atoms with Crippen LogP contribution in [0.1, 0.15) is 54.9 Å². The summed E-state index contributed by atoms with van der Waals surface area (Å²) < 4.78 is 0. The Morgan fingerprint density at radius 3 is 2.33 bits per heavy atom. The van der Waals surface area contributed by atoms with Gasteiger partial charge in [-0.05, 0) is 41.5 Å². The topological polar surface area (TPSA) is 20.2 Å². The molecule has 0 aliphatic rings. The SMILES string of the molecule is CCCCCCc1ccc(CO)c(Cc2ccccc2)c1. The lowest BCUT2D eigenvalue weighted by Gasteiger charge is -2.11. The second kappa shape index (κ2) is 8.63. The van der Waals surface area contributed by atoms with Crippen LogP contribution in [-0.4, -0.2) is 5.11 Å². The molecule has 0 saturated carbocycles. The van der Waals surface area contributed by atoms with Crippen molar-refractivity contribution in [1.29, 1.82) is 0 Å². The van der Waals surface area contributed by atoms with E-state index in [1.54, 1.807) is 0 Å². The normalized spacial score (nSPS) is 10.8. The molecule has 2 aromatic carbocycles. The maximum atomic E-state index is 9.53. The van der Waals surface area contributed by atoms with E-state index in [1.165, 1.54) is 42.4 Å². The molecule has 21 heavy (non-hydrogen) atoms. The minimum atomic E-state index is 0.123. The summed E-state index contributed by atoms with van der Waals surface area (Å²) >= 11 is 0. The number of aliphatic hydroxyl groups excluding tert-OH is 1. The van der Waals surface area contributed by atoms with E-state index >= 15 is 0 Å². The van der Waals surface area contributed by atoms with Gasteiger partial charge in [0.2, 0.25) is 0 Å². The molecule has 0 radical (unpaired) electrons. The summed E-state index contributed by atoms with van der Waals surface area (Å²) in [6.45, 7) is 2.37. The van der Waals surface area contributed by atoms with Crippen LogP contribution in [0.2, 0.25) is 0 Å². The Labute approximate surface area is 128 Å². The fraction of sp³-hybridized carbons (Fsp3) is 0.400. The van der Waals surface area contributed by atoms with Crippen LogP contribution in [0.25, 0.3) is 0 Å². The molecule has 2 aromatic rings. The lowest BCUT2D eigenvalue weighted by molar-refractivity contribution is 0.281. The quantitative estimate of drug-likeness (QED) is 0.683. The molecule has 0 amide bonds. The summed E-state index contributed by atoms with van der Waals surface area (Å²) in [6.07, 6.45) is 7.23. The molecule has 0 bridgehead atoms. The highest BCUT2D eigenvalue weighted by molar-refractivity contribution is 5.36. The zero-order valence-corrected chi connectivity index (χ0v) is 13.0. The van der Waals surface area contributed by atoms with Crippen molar-refractivity contribution >= 4 is 0 Å². The van der Waals surface area contributed by atoms with Gasteiger partial charge in [0.15, 0.2) is 0 Å². The predicted molar refractivity (Wildman–Crippen MR) is 89.5 cm³/mol. The Morgan fingerprint density at radius 1 is 0.810 bits per heavy atom. The van der Waals surface area contributed by atoms with Crippen LogP contribution >= 0.6 is 0 Å². The maximum Gasteiger partial charge on any atom is 0.0684 e. The largest absolute Gasteiger partial charge is 0.392 e. The van der Waals surface area contributed by atoms with E-state index in [4.69, 9.17) is 0 Å².